The molecule has 2 aliphatic rings. The summed E-state index contributed by atoms with van der Waals surface area (Å²) in [5.41, 5.74) is 1.48. The van der Waals surface area contributed by atoms with Gasteiger partial charge in [0.05, 0.1) is 0 Å². The molecule has 0 aromatic heterocycles. The first-order chi connectivity index (χ1) is 9.33. The zero-order valence-electron chi connectivity index (χ0n) is 12.0. The van der Waals surface area contributed by atoms with Crippen molar-refractivity contribution in [2.45, 2.75) is 44.7 Å². The number of likely N-dealkylation sites (tertiary alicyclic amines) is 1. The maximum Gasteiger partial charge on any atom is 0.0472 e. The smallest absolute Gasteiger partial charge is 0.0472 e. The fourth-order valence-electron chi connectivity index (χ4n) is 3.53. The van der Waals surface area contributed by atoms with E-state index in [1.54, 1.807) is 0 Å². The summed E-state index contributed by atoms with van der Waals surface area (Å²) >= 11 is 0. The van der Waals surface area contributed by atoms with Gasteiger partial charge in [-0.2, -0.15) is 0 Å². The first-order valence-electron chi connectivity index (χ1n) is 7.85. The van der Waals surface area contributed by atoms with Crippen LogP contribution < -0.4 is 5.32 Å². The number of hydrogen-bond acceptors (Lipinski definition) is 2. The number of rotatable bonds is 5. The standard InChI is InChI=1S/C17H26N2/c1-14-11-16(12-14)18-13-17(19-9-5-6-10-19)15-7-3-2-4-8-15/h2-4,7-8,14,16-18H,5-6,9-13H2,1H3. The molecule has 1 heterocycles. The summed E-state index contributed by atoms with van der Waals surface area (Å²) in [6.07, 6.45) is 5.45. The van der Waals surface area contributed by atoms with Crippen LogP contribution in [0.3, 0.4) is 0 Å². The van der Waals surface area contributed by atoms with Gasteiger partial charge in [-0.15, -0.1) is 0 Å². The molecule has 104 valence electrons. The average molecular weight is 258 g/mol. The highest BCUT2D eigenvalue weighted by Gasteiger charge is 2.28. The van der Waals surface area contributed by atoms with E-state index >= 15 is 0 Å². The molecule has 1 saturated heterocycles. The Kier molecular flexibility index (Phi) is 4.19. The van der Waals surface area contributed by atoms with Gasteiger partial charge in [-0.3, -0.25) is 4.90 Å². The molecule has 0 amide bonds. The SMILES string of the molecule is CC1CC(NCC(c2ccccc2)N2CCCC2)C1. The Balaban J connectivity index is 1.62. The first-order valence-corrected chi connectivity index (χ1v) is 7.85. The lowest BCUT2D eigenvalue weighted by atomic mass is 9.82. The quantitative estimate of drug-likeness (QED) is 0.872. The molecule has 19 heavy (non-hydrogen) atoms. The molecule has 1 aromatic rings. The van der Waals surface area contributed by atoms with Gasteiger partial charge >= 0.3 is 0 Å². The van der Waals surface area contributed by atoms with E-state index in [1.807, 2.05) is 0 Å². The third-order valence-electron chi connectivity index (χ3n) is 4.74. The van der Waals surface area contributed by atoms with Crippen molar-refractivity contribution in [1.29, 1.82) is 0 Å². The highest BCUT2D eigenvalue weighted by Crippen LogP contribution is 2.28. The van der Waals surface area contributed by atoms with Crippen LogP contribution in [0.4, 0.5) is 0 Å². The molecule has 2 nitrogen and oxygen atoms in total. The molecule has 1 unspecified atom stereocenters. The first kappa shape index (κ1) is 13.1. The molecule has 3 rings (SSSR count). The van der Waals surface area contributed by atoms with E-state index in [1.165, 1.54) is 44.3 Å². The van der Waals surface area contributed by atoms with Crippen LogP contribution in [0.15, 0.2) is 30.3 Å². The van der Waals surface area contributed by atoms with Gasteiger partial charge in [0.25, 0.3) is 0 Å². The summed E-state index contributed by atoms with van der Waals surface area (Å²) in [6.45, 7) is 6.00. The lowest BCUT2D eigenvalue weighted by molar-refractivity contribution is 0.193. The van der Waals surface area contributed by atoms with Gasteiger partial charge < -0.3 is 5.32 Å². The zero-order valence-corrected chi connectivity index (χ0v) is 12.0. The summed E-state index contributed by atoms with van der Waals surface area (Å²) in [5, 5.41) is 3.78. The Bertz CT molecular complexity index is 378. The van der Waals surface area contributed by atoms with E-state index in [0.29, 0.717) is 6.04 Å². The van der Waals surface area contributed by atoms with E-state index in [9.17, 15) is 0 Å². The monoisotopic (exact) mass is 258 g/mol. The molecule has 0 radical (unpaired) electrons. The van der Waals surface area contributed by atoms with E-state index in [4.69, 9.17) is 0 Å². The average Bonchev–Trinajstić information content (AvgIpc) is 2.92. The zero-order chi connectivity index (χ0) is 13.1. The second kappa shape index (κ2) is 6.06. The molecule has 1 N–H and O–H groups in total. The Morgan fingerprint density at radius 3 is 2.47 bits per heavy atom. The summed E-state index contributed by atoms with van der Waals surface area (Å²) in [7, 11) is 0. The van der Waals surface area contributed by atoms with Crippen molar-refractivity contribution >= 4 is 0 Å². The highest BCUT2D eigenvalue weighted by atomic mass is 15.2. The van der Waals surface area contributed by atoms with Crippen LogP contribution in [-0.2, 0) is 0 Å². The topological polar surface area (TPSA) is 15.3 Å². The van der Waals surface area contributed by atoms with Crippen LogP contribution in [-0.4, -0.2) is 30.6 Å². The van der Waals surface area contributed by atoms with Crippen molar-refractivity contribution in [3.63, 3.8) is 0 Å². The summed E-state index contributed by atoms with van der Waals surface area (Å²) in [5.74, 6) is 0.930. The molecule has 0 bridgehead atoms. The molecular formula is C17H26N2. The van der Waals surface area contributed by atoms with Gasteiger partial charge in [-0.25, -0.2) is 0 Å². The maximum atomic E-state index is 3.78. The third kappa shape index (κ3) is 3.18. The summed E-state index contributed by atoms with van der Waals surface area (Å²) in [6, 6.07) is 12.4. The minimum Gasteiger partial charge on any atom is -0.312 e. The van der Waals surface area contributed by atoms with Gasteiger partial charge in [0, 0.05) is 18.6 Å². The van der Waals surface area contributed by atoms with E-state index < -0.39 is 0 Å². The van der Waals surface area contributed by atoms with Crippen molar-refractivity contribution in [3.8, 4) is 0 Å². The number of benzene rings is 1. The fraction of sp³-hybridized carbons (Fsp3) is 0.647. The van der Waals surface area contributed by atoms with Crippen LogP contribution in [0.2, 0.25) is 0 Å². The van der Waals surface area contributed by atoms with Crippen LogP contribution in [0, 0.1) is 5.92 Å². The Labute approximate surface area is 117 Å². The molecule has 1 aromatic carbocycles. The van der Waals surface area contributed by atoms with Crippen molar-refractivity contribution in [1.82, 2.24) is 10.2 Å². The summed E-state index contributed by atoms with van der Waals surface area (Å²) in [4.78, 5) is 2.66. The van der Waals surface area contributed by atoms with Crippen LogP contribution in [0.1, 0.15) is 44.2 Å². The van der Waals surface area contributed by atoms with Crippen molar-refractivity contribution < 1.29 is 0 Å². The Morgan fingerprint density at radius 1 is 1.16 bits per heavy atom. The van der Waals surface area contributed by atoms with Crippen LogP contribution in [0.5, 0.6) is 0 Å². The van der Waals surface area contributed by atoms with Crippen LogP contribution in [0.25, 0.3) is 0 Å². The van der Waals surface area contributed by atoms with Crippen molar-refractivity contribution in [2.24, 2.45) is 5.92 Å². The van der Waals surface area contributed by atoms with Gasteiger partial charge in [-0.1, -0.05) is 37.3 Å². The molecule has 1 saturated carbocycles. The minimum absolute atomic E-state index is 0.569. The Morgan fingerprint density at radius 2 is 1.84 bits per heavy atom. The lowest BCUT2D eigenvalue weighted by Gasteiger charge is -2.36. The normalized spacial score (nSPS) is 29.1. The Hall–Kier alpha value is -0.860. The van der Waals surface area contributed by atoms with Gasteiger partial charge in [0.2, 0.25) is 0 Å². The molecule has 0 spiro atoms. The molecule has 2 fully saturated rings. The predicted molar refractivity (Wildman–Crippen MR) is 80.2 cm³/mol. The van der Waals surface area contributed by atoms with E-state index in [-0.39, 0.29) is 0 Å². The van der Waals surface area contributed by atoms with Gasteiger partial charge in [-0.05, 0) is 50.3 Å². The number of nitrogens with one attached hydrogen (secondary N) is 1. The summed E-state index contributed by atoms with van der Waals surface area (Å²) < 4.78 is 0. The van der Waals surface area contributed by atoms with Crippen molar-refractivity contribution in [2.75, 3.05) is 19.6 Å². The van der Waals surface area contributed by atoms with Crippen molar-refractivity contribution in [3.05, 3.63) is 35.9 Å². The number of nitrogens with zero attached hydrogens (tertiary/aromatic N) is 1. The molecule has 1 aliphatic carbocycles. The van der Waals surface area contributed by atoms with E-state index in [2.05, 4.69) is 47.5 Å². The van der Waals surface area contributed by atoms with Gasteiger partial charge in [0.1, 0.15) is 0 Å². The molecule has 2 heteroatoms. The third-order valence-corrected chi connectivity index (χ3v) is 4.74. The second-order valence-electron chi connectivity index (χ2n) is 6.35. The second-order valence-corrected chi connectivity index (χ2v) is 6.35. The molecular weight excluding hydrogens is 232 g/mol. The molecule has 1 aliphatic heterocycles. The lowest BCUT2D eigenvalue weighted by Crippen LogP contribution is -2.44. The van der Waals surface area contributed by atoms with Crippen LogP contribution >= 0.6 is 0 Å². The molecule has 1 atom stereocenters. The predicted octanol–water partition coefficient (Wildman–Crippen LogP) is 3.21. The fourth-order valence-corrected chi connectivity index (χ4v) is 3.53. The maximum absolute atomic E-state index is 3.78. The minimum atomic E-state index is 0.569. The highest BCUT2D eigenvalue weighted by molar-refractivity contribution is 5.19. The number of hydrogen-bond donors (Lipinski definition) is 1. The largest absolute Gasteiger partial charge is 0.312 e. The van der Waals surface area contributed by atoms with Gasteiger partial charge in [0.15, 0.2) is 0 Å². The van der Waals surface area contributed by atoms with E-state index in [0.717, 1.165) is 18.5 Å².